The van der Waals surface area contributed by atoms with E-state index in [1.165, 1.54) is 42.4 Å². The summed E-state index contributed by atoms with van der Waals surface area (Å²) in [7, 11) is 4.17. The van der Waals surface area contributed by atoms with Crippen molar-refractivity contribution in [3.8, 4) is 0 Å². The fourth-order valence-corrected chi connectivity index (χ4v) is 2.81. The van der Waals surface area contributed by atoms with Gasteiger partial charge in [0.15, 0.2) is 0 Å². The topological polar surface area (TPSA) is 23.5 Å². The number of hydrogen-bond acceptors (Lipinski definition) is 2. The van der Waals surface area contributed by atoms with Crippen LogP contribution in [0, 0.1) is 0 Å². The van der Waals surface area contributed by atoms with E-state index >= 15 is 0 Å². The number of rotatable bonds is 4. The van der Waals surface area contributed by atoms with Crippen LogP contribution in [-0.4, -0.2) is 30.7 Å². The molecule has 94 valence electrons. The molecule has 0 spiro atoms. The van der Waals surface area contributed by atoms with E-state index in [0.717, 1.165) is 6.42 Å². The summed E-state index contributed by atoms with van der Waals surface area (Å²) >= 11 is 0. The smallest absolute Gasteiger partial charge is 0.0449 e. The number of aliphatic hydroxyl groups is 1. The highest BCUT2D eigenvalue weighted by Crippen LogP contribution is 2.27. The third-order valence-corrected chi connectivity index (χ3v) is 3.78. The Morgan fingerprint density at radius 3 is 2.53 bits per heavy atom. The first-order chi connectivity index (χ1) is 8.22. The zero-order valence-electron chi connectivity index (χ0n) is 10.9. The maximum atomic E-state index is 9.16. The minimum Gasteiger partial charge on any atom is -0.396 e. The molecule has 0 aromatic heterocycles. The summed E-state index contributed by atoms with van der Waals surface area (Å²) < 4.78 is 0. The molecular formula is C15H23NO. The molecule has 1 aliphatic rings. The molecule has 0 bridgehead atoms. The lowest BCUT2D eigenvalue weighted by molar-refractivity contribution is 0.210. The van der Waals surface area contributed by atoms with Crippen LogP contribution in [-0.2, 0) is 12.8 Å². The molecule has 0 saturated heterocycles. The second kappa shape index (κ2) is 5.65. The molecule has 0 saturated carbocycles. The van der Waals surface area contributed by atoms with Crippen LogP contribution in [0.25, 0.3) is 0 Å². The van der Waals surface area contributed by atoms with Gasteiger partial charge in [-0.25, -0.2) is 0 Å². The van der Waals surface area contributed by atoms with Crippen molar-refractivity contribution in [2.45, 2.75) is 38.1 Å². The average Bonchev–Trinajstić information content (AvgIpc) is 2.35. The largest absolute Gasteiger partial charge is 0.396 e. The Hall–Kier alpha value is -0.860. The van der Waals surface area contributed by atoms with Crippen LogP contribution in [0.5, 0.6) is 0 Å². The van der Waals surface area contributed by atoms with Gasteiger partial charge in [0.25, 0.3) is 0 Å². The van der Waals surface area contributed by atoms with Gasteiger partial charge in [-0.2, -0.15) is 0 Å². The molecule has 0 amide bonds. The van der Waals surface area contributed by atoms with E-state index in [1.54, 1.807) is 0 Å². The molecule has 0 radical (unpaired) electrons. The molecule has 2 rings (SSSR count). The van der Waals surface area contributed by atoms with E-state index in [1.807, 2.05) is 0 Å². The summed E-state index contributed by atoms with van der Waals surface area (Å²) in [6.07, 6.45) is 5.93. The summed E-state index contributed by atoms with van der Waals surface area (Å²) in [6, 6.07) is 7.23. The molecule has 1 aromatic carbocycles. The van der Waals surface area contributed by atoms with Crippen molar-refractivity contribution in [1.82, 2.24) is 4.90 Å². The Morgan fingerprint density at radius 1 is 1.18 bits per heavy atom. The van der Waals surface area contributed by atoms with Gasteiger partial charge in [-0.15, -0.1) is 0 Å². The van der Waals surface area contributed by atoms with Crippen molar-refractivity contribution in [2.24, 2.45) is 0 Å². The summed E-state index contributed by atoms with van der Waals surface area (Å²) in [5.74, 6) is 0. The predicted octanol–water partition coefficient (Wildman–Crippen LogP) is 2.55. The number of aliphatic hydroxyl groups excluding tert-OH is 1. The normalized spacial score (nSPS) is 16.9. The highest BCUT2D eigenvalue weighted by Gasteiger charge is 2.16. The zero-order chi connectivity index (χ0) is 12.3. The Kier molecular flexibility index (Phi) is 4.19. The third-order valence-electron chi connectivity index (χ3n) is 3.78. The second-order valence-corrected chi connectivity index (χ2v) is 5.23. The predicted molar refractivity (Wildman–Crippen MR) is 71.2 cm³/mol. The molecule has 2 nitrogen and oxygen atoms in total. The van der Waals surface area contributed by atoms with Crippen LogP contribution in [0.1, 0.15) is 42.0 Å². The maximum Gasteiger partial charge on any atom is 0.0449 e. The van der Waals surface area contributed by atoms with Gasteiger partial charge in [-0.1, -0.05) is 18.2 Å². The van der Waals surface area contributed by atoms with Crippen LogP contribution >= 0.6 is 0 Å². The van der Waals surface area contributed by atoms with Gasteiger partial charge in [-0.05, 0) is 62.9 Å². The van der Waals surface area contributed by atoms with E-state index in [2.05, 4.69) is 37.2 Å². The molecule has 1 N–H and O–H groups in total. The zero-order valence-corrected chi connectivity index (χ0v) is 10.9. The first-order valence-electron chi connectivity index (χ1n) is 6.61. The second-order valence-electron chi connectivity index (χ2n) is 5.23. The first kappa shape index (κ1) is 12.6. The van der Waals surface area contributed by atoms with Crippen LogP contribution in [0.2, 0.25) is 0 Å². The highest BCUT2D eigenvalue weighted by atomic mass is 16.3. The van der Waals surface area contributed by atoms with Gasteiger partial charge < -0.3 is 10.0 Å². The van der Waals surface area contributed by atoms with Gasteiger partial charge in [-0.3, -0.25) is 0 Å². The van der Waals surface area contributed by atoms with Crippen molar-refractivity contribution in [3.05, 3.63) is 34.9 Å². The third kappa shape index (κ3) is 2.88. The van der Waals surface area contributed by atoms with Gasteiger partial charge in [0.1, 0.15) is 0 Å². The first-order valence-corrected chi connectivity index (χ1v) is 6.61. The standard InChI is InChI=1S/C15H23NO/c1-16(2)15(9-10-17)14-8-7-12-5-3-4-6-13(12)11-14/h7-8,11,15,17H,3-6,9-10H2,1-2H3. The van der Waals surface area contributed by atoms with E-state index in [0.29, 0.717) is 6.04 Å². The minimum absolute atomic E-state index is 0.250. The van der Waals surface area contributed by atoms with E-state index in [4.69, 9.17) is 5.11 Å². The van der Waals surface area contributed by atoms with E-state index in [-0.39, 0.29) is 6.61 Å². The number of hydrogen-bond donors (Lipinski definition) is 1. The average molecular weight is 233 g/mol. The van der Waals surface area contributed by atoms with Gasteiger partial charge in [0.05, 0.1) is 0 Å². The summed E-state index contributed by atoms with van der Waals surface area (Å²) in [6.45, 7) is 0.250. The fourth-order valence-electron chi connectivity index (χ4n) is 2.81. The Bertz CT molecular complexity index is 373. The van der Waals surface area contributed by atoms with E-state index in [9.17, 15) is 0 Å². The molecule has 17 heavy (non-hydrogen) atoms. The highest BCUT2D eigenvalue weighted by molar-refractivity contribution is 5.35. The van der Waals surface area contributed by atoms with Crippen molar-refractivity contribution in [1.29, 1.82) is 0 Å². The molecule has 0 heterocycles. The Morgan fingerprint density at radius 2 is 1.88 bits per heavy atom. The van der Waals surface area contributed by atoms with Crippen LogP contribution in [0.15, 0.2) is 18.2 Å². The Balaban J connectivity index is 2.25. The number of benzene rings is 1. The Labute approximate surface area is 104 Å². The van der Waals surface area contributed by atoms with Crippen LogP contribution in [0.4, 0.5) is 0 Å². The molecule has 2 heteroatoms. The van der Waals surface area contributed by atoms with Crippen LogP contribution in [0.3, 0.4) is 0 Å². The van der Waals surface area contributed by atoms with Crippen LogP contribution < -0.4 is 0 Å². The molecule has 1 unspecified atom stereocenters. The van der Waals surface area contributed by atoms with Crippen molar-refractivity contribution in [3.63, 3.8) is 0 Å². The van der Waals surface area contributed by atoms with Gasteiger partial charge in [0.2, 0.25) is 0 Å². The minimum atomic E-state index is 0.250. The maximum absolute atomic E-state index is 9.16. The molecule has 1 aliphatic carbocycles. The SMILES string of the molecule is CN(C)C(CCO)c1ccc2c(c1)CCCC2. The van der Waals surface area contributed by atoms with Crippen molar-refractivity contribution < 1.29 is 5.11 Å². The molecular weight excluding hydrogens is 210 g/mol. The molecule has 1 atom stereocenters. The summed E-state index contributed by atoms with van der Waals surface area (Å²) in [5.41, 5.74) is 4.41. The lowest BCUT2D eigenvalue weighted by Crippen LogP contribution is -2.21. The molecule has 1 aromatic rings. The van der Waals surface area contributed by atoms with Gasteiger partial charge in [0, 0.05) is 12.6 Å². The monoisotopic (exact) mass is 233 g/mol. The number of aryl methyl sites for hydroxylation is 2. The van der Waals surface area contributed by atoms with Crippen molar-refractivity contribution in [2.75, 3.05) is 20.7 Å². The summed E-state index contributed by atoms with van der Waals surface area (Å²) in [4.78, 5) is 2.20. The number of fused-ring (bicyclic) bond motifs is 1. The molecule has 0 fully saturated rings. The van der Waals surface area contributed by atoms with E-state index < -0.39 is 0 Å². The lowest BCUT2D eigenvalue weighted by atomic mass is 9.88. The summed E-state index contributed by atoms with van der Waals surface area (Å²) in [5, 5.41) is 9.16. The fraction of sp³-hybridized carbons (Fsp3) is 0.600. The van der Waals surface area contributed by atoms with Gasteiger partial charge >= 0.3 is 0 Å². The quantitative estimate of drug-likeness (QED) is 0.864. The number of nitrogens with zero attached hydrogens (tertiary/aromatic N) is 1. The molecule has 0 aliphatic heterocycles. The van der Waals surface area contributed by atoms with Crippen molar-refractivity contribution >= 4 is 0 Å². The lowest BCUT2D eigenvalue weighted by Gasteiger charge is -2.26.